The summed E-state index contributed by atoms with van der Waals surface area (Å²) in [5, 5.41) is 16.4. The van der Waals surface area contributed by atoms with Gasteiger partial charge in [-0.05, 0) is 44.7 Å². The third-order valence-corrected chi connectivity index (χ3v) is 7.29. The number of carbonyl (C=O) groups excluding carboxylic acids is 3. The van der Waals surface area contributed by atoms with Crippen LogP contribution < -0.4 is 10.4 Å². The number of para-hydroxylation sites is 1. The lowest BCUT2D eigenvalue weighted by Crippen LogP contribution is -2.55. The molecule has 3 aliphatic rings. The van der Waals surface area contributed by atoms with Crippen molar-refractivity contribution in [2.75, 3.05) is 44.2 Å². The molecule has 2 saturated heterocycles. The fourth-order valence-corrected chi connectivity index (χ4v) is 4.95. The van der Waals surface area contributed by atoms with Crippen LogP contribution in [0.25, 0.3) is 0 Å². The zero-order valence-corrected chi connectivity index (χ0v) is 21.5. The van der Waals surface area contributed by atoms with Crippen LogP contribution in [0.1, 0.15) is 32.6 Å². The van der Waals surface area contributed by atoms with E-state index in [2.05, 4.69) is 17.0 Å². The summed E-state index contributed by atoms with van der Waals surface area (Å²) >= 11 is 0. The first-order valence-corrected chi connectivity index (χ1v) is 12.7. The third-order valence-electron chi connectivity index (χ3n) is 7.29. The predicted molar refractivity (Wildman–Crippen MR) is 131 cm³/mol. The number of nitrogens with zero attached hydrogens (tertiary/aromatic N) is 3. The molecule has 11 nitrogen and oxygen atoms in total. The van der Waals surface area contributed by atoms with Crippen molar-refractivity contribution in [2.24, 2.45) is 11.8 Å². The van der Waals surface area contributed by atoms with Gasteiger partial charge in [0.25, 0.3) is 0 Å². The van der Waals surface area contributed by atoms with Crippen LogP contribution in [0, 0.1) is 11.8 Å². The van der Waals surface area contributed by atoms with Crippen molar-refractivity contribution in [3.63, 3.8) is 0 Å². The number of anilines is 1. The third kappa shape index (κ3) is 7.74. The van der Waals surface area contributed by atoms with E-state index in [0.29, 0.717) is 39.0 Å². The maximum atomic E-state index is 13.4. The Morgan fingerprint density at radius 1 is 0.974 bits per heavy atom. The molecule has 1 saturated carbocycles. The number of rotatable bonds is 4. The van der Waals surface area contributed by atoms with Gasteiger partial charge in [0.2, 0.25) is 11.8 Å². The zero-order chi connectivity index (χ0) is 28.8. The second-order valence-corrected chi connectivity index (χ2v) is 10.0. The fraction of sp³-hybridized carbons (Fsp3) is 0.600. The molecule has 2 heterocycles. The standard InChI is InChI=1S/C23H32N4O5.C2HF3O2/c1-23(32-22(30)27-10-5-11-27)9-8-18(19(16-23)20(28)24-31)21(29)26-14-12-25(13-15-26)17-6-3-2-4-7-17;3-2(4,5)1(6)7/h2-4,6-7,18-19,31H,5,8-16H2,1H3,(H,24,28);(H,6,7)/t18-,19-,23+;/m0./s1. The first-order chi connectivity index (χ1) is 18.3. The van der Waals surface area contributed by atoms with E-state index in [4.69, 9.17) is 14.6 Å². The number of piperazine rings is 1. The number of ether oxygens (including phenoxy) is 1. The summed E-state index contributed by atoms with van der Waals surface area (Å²) < 4.78 is 37.5. The van der Waals surface area contributed by atoms with Crippen molar-refractivity contribution in [3.8, 4) is 0 Å². The summed E-state index contributed by atoms with van der Waals surface area (Å²) in [5.41, 5.74) is 2.01. The monoisotopic (exact) mass is 558 g/mol. The van der Waals surface area contributed by atoms with Crippen molar-refractivity contribution < 1.29 is 47.4 Å². The van der Waals surface area contributed by atoms with Crippen molar-refractivity contribution in [3.05, 3.63) is 30.3 Å². The zero-order valence-electron chi connectivity index (χ0n) is 21.5. The van der Waals surface area contributed by atoms with Gasteiger partial charge in [0.15, 0.2) is 0 Å². The molecule has 1 aromatic rings. The van der Waals surface area contributed by atoms with Crippen LogP contribution in [0.3, 0.4) is 0 Å². The molecule has 0 spiro atoms. The van der Waals surface area contributed by atoms with Crippen LogP contribution in [0.15, 0.2) is 30.3 Å². The number of likely N-dealkylation sites (tertiary alicyclic amines) is 1. The van der Waals surface area contributed by atoms with E-state index >= 15 is 0 Å². The van der Waals surface area contributed by atoms with Gasteiger partial charge in [-0.3, -0.25) is 14.8 Å². The number of amides is 3. The molecule has 0 aromatic heterocycles. The second-order valence-electron chi connectivity index (χ2n) is 10.0. The lowest BCUT2D eigenvalue weighted by atomic mass is 9.71. The van der Waals surface area contributed by atoms with Gasteiger partial charge in [-0.25, -0.2) is 15.1 Å². The molecule has 14 heteroatoms. The van der Waals surface area contributed by atoms with Gasteiger partial charge in [-0.1, -0.05) is 18.2 Å². The summed E-state index contributed by atoms with van der Waals surface area (Å²) in [7, 11) is 0. The minimum atomic E-state index is -5.08. The molecule has 39 heavy (non-hydrogen) atoms. The highest BCUT2D eigenvalue weighted by Gasteiger charge is 2.48. The SMILES string of the molecule is C[C@@]1(OC(=O)N2CCC2)CC[C@H](C(=O)N2CCN(c3ccccc3)CC2)[C@@H](C(=O)NO)C1.O=C(O)C(F)(F)F. The molecule has 3 atom stereocenters. The van der Waals surface area contributed by atoms with Crippen LogP contribution in [-0.2, 0) is 19.1 Å². The Kier molecular flexibility index (Phi) is 9.64. The van der Waals surface area contributed by atoms with Gasteiger partial charge in [-0.15, -0.1) is 0 Å². The fourth-order valence-electron chi connectivity index (χ4n) is 4.95. The number of carboxylic acid groups (broad SMARTS) is 1. The number of hydrogen-bond donors (Lipinski definition) is 3. The Morgan fingerprint density at radius 3 is 2.05 bits per heavy atom. The number of carboxylic acids is 1. The van der Waals surface area contributed by atoms with Crippen molar-refractivity contribution in [1.29, 1.82) is 0 Å². The summed E-state index contributed by atoms with van der Waals surface area (Å²) in [5.74, 6) is -4.71. The Labute approximate surface area is 223 Å². The molecule has 4 rings (SSSR count). The summed E-state index contributed by atoms with van der Waals surface area (Å²) in [6.45, 7) is 5.80. The number of alkyl halides is 3. The minimum absolute atomic E-state index is 0.0672. The molecular weight excluding hydrogens is 525 g/mol. The number of hydrogen-bond acceptors (Lipinski definition) is 7. The Morgan fingerprint density at radius 2 is 1.56 bits per heavy atom. The molecular formula is C25H33F3N4O7. The highest BCUT2D eigenvalue weighted by atomic mass is 19.4. The van der Waals surface area contributed by atoms with E-state index in [1.165, 1.54) is 0 Å². The Bertz CT molecular complexity index is 1030. The van der Waals surface area contributed by atoms with Gasteiger partial charge in [0, 0.05) is 45.0 Å². The molecule has 3 fully saturated rings. The van der Waals surface area contributed by atoms with E-state index in [0.717, 1.165) is 25.2 Å². The lowest BCUT2D eigenvalue weighted by molar-refractivity contribution is -0.192. The average Bonchev–Trinajstić information content (AvgIpc) is 2.87. The molecule has 0 bridgehead atoms. The van der Waals surface area contributed by atoms with Crippen molar-refractivity contribution >= 4 is 29.6 Å². The minimum Gasteiger partial charge on any atom is -0.475 e. The van der Waals surface area contributed by atoms with Gasteiger partial charge in [0.05, 0.1) is 11.8 Å². The molecule has 216 valence electrons. The Hall–Kier alpha value is -3.55. The van der Waals surface area contributed by atoms with Gasteiger partial charge >= 0.3 is 18.2 Å². The first kappa shape index (κ1) is 30.0. The molecule has 1 aromatic carbocycles. The van der Waals surface area contributed by atoms with Gasteiger partial charge in [0.1, 0.15) is 5.60 Å². The quantitative estimate of drug-likeness (QED) is 0.378. The van der Waals surface area contributed by atoms with Crippen LogP contribution >= 0.6 is 0 Å². The second kappa shape index (κ2) is 12.5. The van der Waals surface area contributed by atoms with Crippen LogP contribution in [0.2, 0.25) is 0 Å². The van der Waals surface area contributed by atoms with E-state index in [1.54, 1.807) is 10.4 Å². The molecule has 3 N–H and O–H groups in total. The topological polar surface area (TPSA) is 140 Å². The number of carbonyl (C=O) groups is 4. The van der Waals surface area contributed by atoms with E-state index < -0.39 is 35.5 Å². The normalized spacial score (nSPS) is 25.0. The van der Waals surface area contributed by atoms with Gasteiger partial charge in [-0.2, -0.15) is 13.2 Å². The number of nitrogens with one attached hydrogen (secondary N) is 1. The van der Waals surface area contributed by atoms with Crippen LogP contribution in [0.4, 0.5) is 23.7 Å². The smallest absolute Gasteiger partial charge is 0.475 e. The van der Waals surface area contributed by atoms with Crippen LogP contribution in [-0.4, -0.2) is 95.0 Å². The van der Waals surface area contributed by atoms with Crippen molar-refractivity contribution in [1.82, 2.24) is 15.3 Å². The molecule has 0 unspecified atom stereocenters. The first-order valence-electron chi connectivity index (χ1n) is 12.7. The predicted octanol–water partition coefficient (Wildman–Crippen LogP) is 2.49. The summed E-state index contributed by atoms with van der Waals surface area (Å²) in [4.78, 5) is 52.8. The van der Waals surface area contributed by atoms with Crippen LogP contribution in [0.5, 0.6) is 0 Å². The molecule has 1 aliphatic carbocycles. The number of halogens is 3. The number of aliphatic carboxylic acids is 1. The molecule has 3 amide bonds. The maximum absolute atomic E-state index is 13.4. The number of hydroxylamine groups is 1. The molecule has 2 aliphatic heterocycles. The largest absolute Gasteiger partial charge is 0.490 e. The van der Waals surface area contributed by atoms with E-state index in [-0.39, 0.29) is 18.4 Å². The van der Waals surface area contributed by atoms with Gasteiger partial charge < -0.3 is 24.5 Å². The maximum Gasteiger partial charge on any atom is 0.490 e. The molecule has 0 radical (unpaired) electrons. The summed E-state index contributed by atoms with van der Waals surface area (Å²) in [6.07, 6.45) is -3.35. The van der Waals surface area contributed by atoms with E-state index in [9.17, 15) is 32.8 Å². The highest BCUT2D eigenvalue weighted by molar-refractivity contribution is 5.88. The number of benzene rings is 1. The highest BCUT2D eigenvalue weighted by Crippen LogP contribution is 2.40. The Balaban J connectivity index is 0.000000532. The lowest BCUT2D eigenvalue weighted by Gasteiger charge is -2.44. The van der Waals surface area contributed by atoms with E-state index in [1.807, 2.05) is 30.0 Å². The van der Waals surface area contributed by atoms with Crippen molar-refractivity contribution in [2.45, 2.75) is 44.4 Å². The average molecular weight is 559 g/mol. The summed E-state index contributed by atoms with van der Waals surface area (Å²) in [6, 6.07) is 10.1.